The van der Waals surface area contributed by atoms with Crippen LogP contribution in [-0.2, 0) is 12.8 Å². The third kappa shape index (κ3) is 4.43. The molecular weight excluding hydrogens is 359 g/mol. The molecule has 0 radical (unpaired) electrons. The molecule has 2 aliphatic rings. The molecule has 1 heterocycles. The summed E-state index contributed by atoms with van der Waals surface area (Å²) >= 11 is 0. The van der Waals surface area contributed by atoms with E-state index in [-0.39, 0.29) is 6.67 Å². The Bertz CT molecular complexity index is 930. The van der Waals surface area contributed by atoms with E-state index in [1.54, 1.807) is 0 Å². The molecule has 2 aromatic rings. The Labute approximate surface area is 173 Å². The van der Waals surface area contributed by atoms with Crippen LogP contribution >= 0.6 is 0 Å². The first-order valence-electron chi connectivity index (χ1n) is 10.8. The van der Waals surface area contributed by atoms with Crippen molar-refractivity contribution in [3.63, 3.8) is 0 Å². The zero-order valence-corrected chi connectivity index (χ0v) is 17.3. The van der Waals surface area contributed by atoms with Crippen molar-refractivity contribution in [3.05, 3.63) is 81.7 Å². The van der Waals surface area contributed by atoms with Gasteiger partial charge in [-0.2, -0.15) is 0 Å². The highest BCUT2D eigenvalue weighted by molar-refractivity contribution is 5.84. The van der Waals surface area contributed by atoms with Gasteiger partial charge < -0.3 is 4.90 Å². The van der Waals surface area contributed by atoms with Gasteiger partial charge in [0.2, 0.25) is 0 Å². The molecule has 2 nitrogen and oxygen atoms in total. The molecule has 1 aliphatic carbocycles. The molecule has 1 fully saturated rings. The van der Waals surface area contributed by atoms with Gasteiger partial charge in [0.25, 0.3) is 0 Å². The standard InChI is InChI=1S/C26H29FN2/c1-19-14-23-6-3-4-7-24(25(23)16-26(19)28-2)22-10-8-20(9-11-22)15-21-17-29(18-21)13-5-12-27/h7-11,14,16,21H,3-6,12-13,15,17-18H2,1H3. The van der Waals surface area contributed by atoms with Crippen LogP contribution in [0.2, 0.25) is 0 Å². The SMILES string of the molecule is [C-]#[N+]c1cc2c(cc1C)CCCC=C2c1ccc(CC2CN(CCCF)C2)cc1. The number of likely N-dealkylation sites (tertiary alicyclic amines) is 1. The molecule has 0 spiro atoms. The van der Waals surface area contributed by atoms with Crippen LogP contribution in [0.15, 0.2) is 42.5 Å². The van der Waals surface area contributed by atoms with Gasteiger partial charge in [0.05, 0.1) is 13.2 Å². The lowest BCUT2D eigenvalue weighted by atomic mass is 9.89. The first kappa shape index (κ1) is 19.9. The minimum absolute atomic E-state index is 0.210. The van der Waals surface area contributed by atoms with E-state index in [0.717, 1.165) is 56.6 Å². The van der Waals surface area contributed by atoms with E-state index in [1.165, 1.54) is 27.8 Å². The largest absolute Gasteiger partial charge is 0.303 e. The Balaban J connectivity index is 1.49. The molecule has 0 bridgehead atoms. The predicted octanol–water partition coefficient (Wildman–Crippen LogP) is 6.15. The number of allylic oxidation sites excluding steroid dienone is 1. The van der Waals surface area contributed by atoms with Crippen LogP contribution < -0.4 is 0 Å². The summed E-state index contributed by atoms with van der Waals surface area (Å²) in [4.78, 5) is 6.07. The van der Waals surface area contributed by atoms with Crippen molar-refractivity contribution in [2.24, 2.45) is 5.92 Å². The monoisotopic (exact) mass is 388 g/mol. The minimum Gasteiger partial charge on any atom is -0.303 e. The maximum Gasteiger partial charge on any atom is 0.190 e. The zero-order valence-electron chi connectivity index (χ0n) is 17.3. The Hall–Kier alpha value is -2.44. The molecule has 2 aromatic carbocycles. The quantitative estimate of drug-likeness (QED) is 0.539. The third-order valence-electron chi connectivity index (χ3n) is 6.26. The van der Waals surface area contributed by atoms with Gasteiger partial charge in [0.15, 0.2) is 5.69 Å². The lowest BCUT2D eigenvalue weighted by Gasteiger charge is -2.39. The van der Waals surface area contributed by atoms with Gasteiger partial charge in [-0.3, -0.25) is 4.39 Å². The Morgan fingerprint density at radius 1 is 1.17 bits per heavy atom. The summed E-state index contributed by atoms with van der Waals surface area (Å²) < 4.78 is 12.3. The van der Waals surface area contributed by atoms with Gasteiger partial charge >= 0.3 is 0 Å². The topological polar surface area (TPSA) is 7.60 Å². The number of halogens is 1. The van der Waals surface area contributed by atoms with E-state index in [1.807, 2.05) is 6.92 Å². The number of hydrogen-bond donors (Lipinski definition) is 0. The second kappa shape index (κ2) is 8.93. The third-order valence-corrected chi connectivity index (χ3v) is 6.26. The van der Waals surface area contributed by atoms with Gasteiger partial charge in [0.1, 0.15) is 0 Å². The minimum atomic E-state index is -0.210. The molecule has 0 amide bonds. The summed E-state index contributed by atoms with van der Waals surface area (Å²) in [6.07, 6.45) is 7.42. The summed E-state index contributed by atoms with van der Waals surface area (Å²) in [7, 11) is 0. The highest BCUT2D eigenvalue weighted by atomic mass is 19.1. The van der Waals surface area contributed by atoms with E-state index in [9.17, 15) is 4.39 Å². The van der Waals surface area contributed by atoms with E-state index < -0.39 is 0 Å². The molecule has 150 valence electrons. The number of nitrogens with zero attached hydrogens (tertiary/aromatic N) is 2. The van der Waals surface area contributed by atoms with Crippen molar-refractivity contribution in [3.8, 4) is 0 Å². The zero-order chi connectivity index (χ0) is 20.2. The molecule has 3 heteroatoms. The molecule has 0 unspecified atom stereocenters. The molecule has 1 aliphatic heterocycles. The van der Waals surface area contributed by atoms with Gasteiger partial charge in [-0.25, -0.2) is 4.85 Å². The van der Waals surface area contributed by atoms with Gasteiger partial charge in [0, 0.05) is 19.6 Å². The predicted molar refractivity (Wildman–Crippen MR) is 118 cm³/mol. The summed E-state index contributed by atoms with van der Waals surface area (Å²) in [5.41, 5.74) is 8.33. The van der Waals surface area contributed by atoms with Crippen molar-refractivity contribution in [1.29, 1.82) is 0 Å². The molecule has 0 atom stereocenters. The van der Waals surface area contributed by atoms with Crippen LogP contribution in [-0.4, -0.2) is 31.2 Å². The van der Waals surface area contributed by atoms with Gasteiger partial charge in [-0.05, 0) is 84.4 Å². The Kier molecular flexibility index (Phi) is 6.11. The number of aryl methyl sites for hydroxylation is 2. The van der Waals surface area contributed by atoms with E-state index in [0.29, 0.717) is 12.3 Å². The second-order valence-electron chi connectivity index (χ2n) is 8.49. The summed E-state index contributed by atoms with van der Waals surface area (Å²) in [6, 6.07) is 13.3. The molecule has 0 saturated carbocycles. The highest BCUT2D eigenvalue weighted by Crippen LogP contribution is 2.35. The van der Waals surface area contributed by atoms with Crippen LogP contribution in [0.1, 0.15) is 47.1 Å². The van der Waals surface area contributed by atoms with Crippen LogP contribution in [0.4, 0.5) is 10.1 Å². The molecule has 0 N–H and O–H groups in total. The summed E-state index contributed by atoms with van der Waals surface area (Å²) in [5.74, 6) is 0.697. The van der Waals surface area contributed by atoms with Crippen LogP contribution in [0, 0.1) is 19.4 Å². The average molecular weight is 389 g/mol. The maximum atomic E-state index is 12.3. The second-order valence-corrected chi connectivity index (χ2v) is 8.49. The summed E-state index contributed by atoms with van der Waals surface area (Å²) in [5, 5.41) is 0. The number of benzene rings is 2. The van der Waals surface area contributed by atoms with Crippen LogP contribution in [0.5, 0.6) is 0 Å². The number of alkyl halides is 1. The van der Waals surface area contributed by atoms with Gasteiger partial charge in [-0.15, -0.1) is 0 Å². The molecule has 29 heavy (non-hydrogen) atoms. The fourth-order valence-corrected chi connectivity index (χ4v) is 4.68. The number of fused-ring (bicyclic) bond motifs is 1. The maximum absolute atomic E-state index is 12.3. The van der Waals surface area contributed by atoms with E-state index in [4.69, 9.17) is 6.57 Å². The van der Waals surface area contributed by atoms with E-state index in [2.05, 4.69) is 52.2 Å². The van der Waals surface area contributed by atoms with Crippen LogP contribution in [0.3, 0.4) is 0 Å². The normalized spacial score (nSPS) is 17.1. The van der Waals surface area contributed by atoms with Crippen LogP contribution in [0.25, 0.3) is 10.4 Å². The first-order chi connectivity index (χ1) is 14.2. The number of hydrogen-bond acceptors (Lipinski definition) is 1. The van der Waals surface area contributed by atoms with Crippen molar-refractivity contribution in [2.75, 3.05) is 26.3 Å². The van der Waals surface area contributed by atoms with Crippen molar-refractivity contribution in [1.82, 2.24) is 4.90 Å². The lowest BCUT2D eigenvalue weighted by Crippen LogP contribution is -2.47. The first-order valence-corrected chi connectivity index (χ1v) is 10.8. The fraction of sp³-hybridized carbons (Fsp3) is 0.423. The molecular formula is C26H29FN2. The van der Waals surface area contributed by atoms with Gasteiger partial charge in [-0.1, -0.05) is 36.4 Å². The van der Waals surface area contributed by atoms with Crippen molar-refractivity contribution < 1.29 is 4.39 Å². The smallest absolute Gasteiger partial charge is 0.190 e. The van der Waals surface area contributed by atoms with Crippen molar-refractivity contribution in [2.45, 2.75) is 39.0 Å². The summed E-state index contributed by atoms with van der Waals surface area (Å²) in [6.45, 7) is 12.4. The number of rotatable bonds is 6. The fourth-order valence-electron chi connectivity index (χ4n) is 4.68. The average Bonchev–Trinajstić information content (AvgIpc) is 2.91. The molecule has 4 rings (SSSR count). The molecule has 0 aromatic heterocycles. The Morgan fingerprint density at radius 3 is 2.69 bits per heavy atom. The Morgan fingerprint density at radius 2 is 1.97 bits per heavy atom. The molecule has 1 saturated heterocycles. The lowest BCUT2D eigenvalue weighted by molar-refractivity contribution is 0.0968. The van der Waals surface area contributed by atoms with Crippen molar-refractivity contribution >= 4 is 11.3 Å². The van der Waals surface area contributed by atoms with E-state index >= 15 is 0 Å². The highest BCUT2D eigenvalue weighted by Gasteiger charge is 2.26.